The fraction of sp³-hybridized carbons (Fsp3) is 0.474. The molecule has 1 unspecified atom stereocenters. The molecule has 130 valence electrons. The van der Waals surface area contributed by atoms with E-state index >= 15 is 0 Å². The van der Waals surface area contributed by atoms with Gasteiger partial charge in [-0.2, -0.15) is 9.50 Å². The Bertz CT molecular complexity index is 870. The molecule has 0 amide bonds. The summed E-state index contributed by atoms with van der Waals surface area (Å²) in [6, 6.07) is 6.57. The maximum absolute atomic E-state index is 4.75. The molecule has 4 rings (SSSR count). The van der Waals surface area contributed by atoms with Gasteiger partial charge in [0.05, 0.1) is 5.69 Å². The highest BCUT2D eigenvalue weighted by atomic mass is 15.4. The molecule has 6 nitrogen and oxygen atoms in total. The number of fused-ring (bicyclic) bond motifs is 1. The summed E-state index contributed by atoms with van der Waals surface area (Å²) in [6.07, 6.45) is 7.28. The number of rotatable bonds is 3. The van der Waals surface area contributed by atoms with E-state index < -0.39 is 0 Å². The summed E-state index contributed by atoms with van der Waals surface area (Å²) in [5, 5.41) is 4.75. The molecule has 0 bridgehead atoms. The molecule has 0 saturated carbocycles. The van der Waals surface area contributed by atoms with Crippen LogP contribution in [0.4, 0.5) is 5.82 Å². The maximum atomic E-state index is 4.75. The van der Waals surface area contributed by atoms with Crippen molar-refractivity contribution in [1.82, 2.24) is 24.6 Å². The van der Waals surface area contributed by atoms with Crippen LogP contribution in [0.25, 0.3) is 17.2 Å². The first-order valence-electron chi connectivity index (χ1n) is 9.08. The minimum absolute atomic E-state index is 0.349. The fourth-order valence-corrected chi connectivity index (χ4v) is 3.43. The van der Waals surface area contributed by atoms with E-state index in [0.717, 1.165) is 23.6 Å². The van der Waals surface area contributed by atoms with Crippen LogP contribution in [0, 0.1) is 0 Å². The molecule has 0 radical (unpaired) electrons. The van der Waals surface area contributed by atoms with E-state index in [1.807, 2.05) is 16.6 Å². The lowest BCUT2D eigenvalue weighted by molar-refractivity contribution is 0.477. The SMILES string of the molecule is CC(C)c1cc(N2CCCCC2C)n2nc(-c3cccnc3)nc2n1. The molecule has 1 atom stereocenters. The van der Waals surface area contributed by atoms with Crippen LogP contribution in [0.2, 0.25) is 0 Å². The van der Waals surface area contributed by atoms with Crippen LogP contribution in [-0.2, 0) is 0 Å². The topological polar surface area (TPSA) is 59.2 Å². The van der Waals surface area contributed by atoms with Crippen molar-refractivity contribution in [1.29, 1.82) is 0 Å². The van der Waals surface area contributed by atoms with Crippen LogP contribution in [0.3, 0.4) is 0 Å². The quantitative estimate of drug-likeness (QED) is 0.730. The second-order valence-electron chi connectivity index (χ2n) is 7.12. The lowest BCUT2D eigenvalue weighted by Crippen LogP contribution is -2.38. The monoisotopic (exact) mass is 336 g/mol. The van der Waals surface area contributed by atoms with Gasteiger partial charge in [-0.1, -0.05) is 13.8 Å². The van der Waals surface area contributed by atoms with Crippen LogP contribution in [0.1, 0.15) is 51.6 Å². The molecule has 1 aliphatic rings. The molecule has 1 fully saturated rings. The first-order valence-corrected chi connectivity index (χ1v) is 9.08. The smallest absolute Gasteiger partial charge is 0.254 e. The molecule has 3 aromatic heterocycles. The van der Waals surface area contributed by atoms with Gasteiger partial charge in [-0.3, -0.25) is 4.98 Å². The number of hydrogen-bond donors (Lipinski definition) is 0. The second-order valence-corrected chi connectivity index (χ2v) is 7.12. The molecular weight excluding hydrogens is 312 g/mol. The van der Waals surface area contributed by atoms with Crippen molar-refractivity contribution in [2.45, 2.75) is 52.0 Å². The van der Waals surface area contributed by atoms with Gasteiger partial charge in [0, 0.05) is 36.6 Å². The standard InChI is InChI=1S/C19H24N6/c1-13(2)16-11-17(24-10-5-4-7-14(24)3)25-19(21-16)22-18(23-25)15-8-6-9-20-12-15/h6,8-9,11-14H,4-5,7,10H2,1-3H3. The number of hydrogen-bond acceptors (Lipinski definition) is 5. The third-order valence-corrected chi connectivity index (χ3v) is 4.92. The van der Waals surface area contributed by atoms with Crippen molar-refractivity contribution in [3.05, 3.63) is 36.3 Å². The van der Waals surface area contributed by atoms with Gasteiger partial charge in [-0.05, 0) is 44.2 Å². The Balaban J connectivity index is 1.88. The second kappa shape index (κ2) is 6.43. The summed E-state index contributed by atoms with van der Waals surface area (Å²) >= 11 is 0. The van der Waals surface area contributed by atoms with Gasteiger partial charge in [0.15, 0.2) is 5.82 Å². The summed E-state index contributed by atoms with van der Waals surface area (Å²) in [6.45, 7) is 7.68. The number of pyridine rings is 1. The average Bonchev–Trinajstić information content (AvgIpc) is 3.06. The van der Waals surface area contributed by atoms with Gasteiger partial charge >= 0.3 is 0 Å². The highest BCUT2D eigenvalue weighted by Gasteiger charge is 2.23. The van der Waals surface area contributed by atoms with E-state index in [-0.39, 0.29) is 0 Å². The number of anilines is 1. The Morgan fingerprint density at radius 3 is 2.80 bits per heavy atom. The Hall–Kier alpha value is -2.50. The van der Waals surface area contributed by atoms with Crippen LogP contribution >= 0.6 is 0 Å². The highest BCUT2D eigenvalue weighted by Crippen LogP contribution is 2.28. The van der Waals surface area contributed by atoms with Crippen molar-refractivity contribution in [2.24, 2.45) is 0 Å². The first-order chi connectivity index (χ1) is 12.1. The van der Waals surface area contributed by atoms with Crippen LogP contribution in [-0.4, -0.2) is 37.2 Å². The fourth-order valence-electron chi connectivity index (χ4n) is 3.43. The van der Waals surface area contributed by atoms with E-state index in [1.54, 1.807) is 12.4 Å². The Kier molecular flexibility index (Phi) is 4.11. The molecular formula is C19H24N6. The predicted octanol–water partition coefficient (Wildman–Crippen LogP) is 3.69. The number of nitrogens with zero attached hydrogens (tertiary/aromatic N) is 6. The summed E-state index contributed by atoms with van der Waals surface area (Å²) in [4.78, 5) is 16.1. The lowest BCUT2D eigenvalue weighted by Gasteiger charge is -2.35. The van der Waals surface area contributed by atoms with Crippen molar-refractivity contribution >= 4 is 11.6 Å². The molecule has 0 spiro atoms. The Labute approximate surface area is 147 Å². The van der Waals surface area contributed by atoms with Gasteiger partial charge in [-0.25, -0.2) is 4.98 Å². The van der Waals surface area contributed by atoms with Crippen LogP contribution < -0.4 is 4.90 Å². The van der Waals surface area contributed by atoms with Crippen molar-refractivity contribution < 1.29 is 0 Å². The van der Waals surface area contributed by atoms with Crippen molar-refractivity contribution in [2.75, 3.05) is 11.4 Å². The zero-order chi connectivity index (χ0) is 17.4. The zero-order valence-electron chi connectivity index (χ0n) is 15.1. The van der Waals surface area contributed by atoms with E-state index in [2.05, 4.69) is 41.7 Å². The average molecular weight is 336 g/mol. The lowest BCUT2D eigenvalue weighted by atomic mass is 10.0. The van der Waals surface area contributed by atoms with Gasteiger partial charge in [0.1, 0.15) is 5.82 Å². The van der Waals surface area contributed by atoms with Gasteiger partial charge in [0.25, 0.3) is 5.78 Å². The summed E-state index contributed by atoms with van der Waals surface area (Å²) < 4.78 is 1.90. The zero-order valence-corrected chi connectivity index (χ0v) is 15.1. The van der Waals surface area contributed by atoms with Gasteiger partial charge in [0.2, 0.25) is 0 Å². The van der Waals surface area contributed by atoms with Crippen LogP contribution in [0.5, 0.6) is 0 Å². The Morgan fingerprint density at radius 2 is 2.08 bits per heavy atom. The normalized spacial score (nSPS) is 18.2. The minimum atomic E-state index is 0.349. The van der Waals surface area contributed by atoms with E-state index in [0.29, 0.717) is 23.6 Å². The highest BCUT2D eigenvalue weighted by molar-refractivity contribution is 5.58. The summed E-state index contributed by atoms with van der Waals surface area (Å²) in [7, 11) is 0. The van der Waals surface area contributed by atoms with Gasteiger partial charge < -0.3 is 4.90 Å². The molecule has 1 saturated heterocycles. The van der Waals surface area contributed by atoms with E-state index in [4.69, 9.17) is 10.1 Å². The van der Waals surface area contributed by atoms with Crippen LogP contribution in [0.15, 0.2) is 30.6 Å². The molecule has 6 heteroatoms. The van der Waals surface area contributed by atoms with E-state index in [1.165, 1.54) is 19.3 Å². The minimum Gasteiger partial charge on any atom is -0.354 e. The first kappa shape index (κ1) is 16.0. The molecule has 25 heavy (non-hydrogen) atoms. The largest absolute Gasteiger partial charge is 0.354 e. The molecule has 0 aliphatic carbocycles. The van der Waals surface area contributed by atoms with Crippen molar-refractivity contribution in [3.63, 3.8) is 0 Å². The van der Waals surface area contributed by atoms with E-state index in [9.17, 15) is 0 Å². The molecule has 0 N–H and O–H groups in total. The number of aromatic nitrogens is 5. The van der Waals surface area contributed by atoms with Gasteiger partial charge in [-0.15, -0.1) is 5.10 Å². The molecule has 4 heterocycles. The maximum Gasteiger partial charge on any atom is 0.254 e. The molecule has 0 aromatic carbocycles. The third-order valence-electron chi connectivity index (χ3n) is 4.92. The summed E-state index contributed by atoms with van der Waals surface area (Å²) in [5.41, 5.74) is 1.97. The third kappa shape index (κ3) is 2.97. The molecule has 1 aliphatic heterocycles. The molecule has 3 aromatic rings. The summed E-state index contributed by atoms with van der Waals surface area (Å²) in [5.74, 6) is 2.79. The van der Waals surface area contributed by atoms with Crippen molar-refractivity contribution in [3.8, 4) is 11.4 Å². The predicted molar refractivity (Wildman–Crippen MR) is 98.8 cm³/mol. The Morgan fingerprint density at radius 1 is 1.20 bits per heavy atom. The number of piperidine rings is 1.